The molecule has 0 bridgehead atoms. The number of hydrogen-bond donors (Lipinski definition) is 1. The van der Waals surface area contributed by atoms with Crippen molar-refractivity contribution in [1.29, 1.82) is 0 Å². The summed E-state index contributed by atoms with van der Waals surface area (Å²) in [5.41, 5.74) is 7.97. The molecule has 0 unspecified atom stereocenters. The number of carbonyl (C=O) groups excluding carboxylic acids is 2. The van der Waals surface area contributed by atoms with Crippen LogP contribution in [0.5, 0.6) is 0 Å². The molecule has 3 heterocycles. The van der Waals surface area contributed by atoms with Crippen LogP contribution < -0.4 is 5.14 Å². The highest BCUT2D eigenvalue weighted by molar-refractivity contribution is 9.10. The molecular weight excluding hydrogens is 936 g/mol. The summed E-state index contributed by atoms with van der Waals surface area (Å²) in [5, 5.41) is 13.5. The number of rotatable bonds is 10. The van der Waals surface area contributed by atoms with Crippen molar-refractivity contribution in [2.45, 2.75) is 64.2 Å². The van der Waals surface area contributed by atoms with Gasteiger partial charge in [0.15, 0.2) is 0 Å². The van der Waals surface area contributed by atoms with Gasteiger partial charge in [0, 0.05) is 44.3 Å². The molecule has 0 amide bonds. The van der Waals surface area contributed by atoms with Crippen molar-refractivity contribution in [3.05, 3.63) is 141 Å². The van der Waals surface area contributed by atoms with Crippen molar-refractivity contribution >= 4 is 63.5 Å². The van der Waals surface area contributed by atoms with Crippen LogP contribution in [-0.4, -0.2) is 42.7 Å². The van der Waals surface area contributed by atoms with Crippen molar-refractivity contribution in [3.8, 4) is 44.8 Å². The van der Waals surface area contributed by atoms with E-state index in [1.54, 1.807) is 62.4 Å². The fourth-order valence-electron chi connectivity index (χ4n) is 6.13. The molecule has 7 aromatic rings. The smallest absolute Gasteiger partial charge is 0.268 e. The third-order valence-electron chi connectivity index (χ3n) is 9.15. The molecule has 2 N–H and O–H groups in total. The zero-order valence-electron chi connectivity index (χ0n) is 33.6. The molecule has 0 radical (unpaired) electrons. The third kappa shape index (κ3) is 11.1. The predicted octanol–water partition coefficient (Wildman–Crippen LogP) is 10.4. The van der Waals surface area contributed by atoms with E-state index >= 15 is 0 Å². The number of aromatic nitrogens is 3. The van der Waals surface area contributed by atoms with Gasteiger partial charge in [-0.3, -0.25) is 0 Å². The molecule has 312 valence electrons. The molecule has 0 saturated heterocycles. The van der Waals surface area contributed by atoms with E-state index in [0.717, 1.165) is 48.0 Å². The molecule has 7 rings (SSSR count). The fraction of sp³-hybridized carbons (Fsp3) is 0.182. The molecule has 3 aromatic heterocycles. The Labute approximate surface area is 366 Å². The average Bonchev–Trinajstić information content (AvgIpc) is 3.90. The number of carbonyl (C=O) groups is 2. The molecule has 0 aliphatic carbocycles. The predicted molar refractivity (Wildman–Crippen MR) is 238 cm³/mol. The lowest BCUT2D eigenvalue weighted by Crippen LogP contribution is -2.15. The Morgan fingerprint density at radius 2 is 0.883 bits per heavy atom. The van der Waals surface area contributed by atoms with Gasteiger partial charge in [-0.1, -0.05) is 90.7 Å². The van der Waals surface area contributed by atoms with E-state index in [9.17, 15) is 26.4 Å². The molecule has 0 aliphatic rings. The monoisotopic (exact) mass is 976 g/mol. The maximum atomic E-state index is 13.0. The van der Waals surface area contributed by atoms with Crippen LogP contribution >= 0.6 is 31.9 Å². The molecule has 12 nitrogen and oxygen atoms in total. The Bertz CT molecular complexity index is 2810. The molecule has 60 heavy (non-hydrogen) atoms. The number of benzene rings is 4. The summed E-state index contributed by atoms with van der Waals surface area (Å²) < 4.78 is 62.9. The van der Waals surface area contributed by atoms with Crippen LogP contribution in [0.4, 0.5) is 0 Å². The van der Waals surface area contributed by atoms with Crippen LogP contribution in [0.25, 0.3) is 44.8 Å². The average molecular weight is 979 g/mol. The highest BCUT2D eigenvalue weighted by Gasteiger charge is 2.22. The summed E-state index contributed by atoms with van der Waals surface area (Å²) in [6, 6.07) is 32.3. The number of hydrogen-bond acceptors (Lipinski definition) is 10. The standard InChI is InChI=1S/C22H19BrN2O3S.C16H13BrN2O3S.C6H10O2/c1-14-4-5-15(2)25(14)29(26,27)20-12-8-17(9-13-20)21-16(3)28-24-22(21)18-6-10-19(23)11-7-18;1-10-15(11-4-8-14(9-5-11)23(18,20)21)16(19-22-10)12-2-6-13(17)7-3-12;1-5(7)3-4-6(2)8/h4-13H,1-3H3;2-9H,1H3,(H2,18,20,21);3-4H2,1-2H3. The molecular formula is C44H42Br2N4O8S2. The van der Waals surface area contributed by atoms with Crippen molar-refractivity contribution < 1.29 is 35.5 Å². The van der Waals surface area contributed by atoms with Crippen LogP contribution in [0.15, 0.2) is 137 Å². The first-order valence-corrected chi connectivity index (χ1v) is 22.9. The zero-order valence-corrected chi connectivity index (χ0v) is 38.4. The first-order chi connectivity index (χ1) is 28.3. The second kappa shape index (κ2) is 19.4. The lowest BCUT2D eigenvalue weighted by atomic mass is 10.00. The molecule has 0 spiro atoms. The lowest BCUT2D eigenvalue weighted by Gasteiger charge is -2.11. The van der Waals surface area contributed by atoms with Gasteiger partial charge in [0.05, 0.1) is 20.9 Å². The molecule has 4 aromatic carbocycles. The van der Waals surface area contributed by atoms with Crippen molar-refractivity contribution in [2.75, 3.05) is 0 Å². The minimum atomic E-state index is -3.71. The molecule has 0 atom stereocenters. The topological polar surface area (TPSA) is 185 Å². The minimum absolute atomic E-state index is 0.0700. The number of primary sulfonamides is 1. The molecule has 0 fully saturated rings. The Hall–Kier alpha value is -5.26. The summed E-state index contributed by atoms with van der Waals surface area (Å²) in [7, 11) is -7.36. The van der Waals surface area contributed by atoms with Crippen molar-refractivity contribution in [2.24, 2.45) is 5.14 Å². The number of ketones is 2. The number of aryl methyl sites for hydroxylation is 4. The second-order valence-electron chi connectivity index (χ2n) is 13.8. The van der Waals surface area contributed by atoms with Gasteiger partial charge >= 0.3 is 0 Å². The number of sulfonamides is 1. The van der Waals surface area contributed by atoms with Gasteiger partial charge < -0.3 is 18.6 Å². The Kier molecular flexibility index (Phi) is 14.8. The molecule has 16 heteroatoms. The van der Waals surface area contributed by atoms with Gasteiger partial charge in [0.25, 0.3) is 10.0 Å². The lowest BCUT2D eigenvalue weighted by molar-refractivity contribution is -0.122. The summed E-state index contributed by atoms with van der Waals surface area (Å²) >= 11 is 6.84. The normalized spacial score (nSPS) is 11.3. The van der Waals surface area contributed by atoms with Gasteiger partial charge in [-0.25, -0.2) is 25.9 Å². The Morgan fingerprint density at radius 3 is 1.22 bits per heavy atom. The SMILES string of the molecule is CC(=O)CCC(C)=O.Cc1onc(-c2ccc(Br)cc2)c1-c1ccc(S(=O)(=O)n2c(C)ccc2C)cc1.Cc1onc(-c2ccc(Br)cc2)c1-c1ccc(S(N)(=O)=O)cc1. The summed E-state index contributed by atoms with van der Waals surface area (Å²) in [6.45, 7) is 10.2. The number of halogens is 2. The van der Waals surface area contributed by atoms with E-state index in [-0.39, 0.29) is 21.4 Å². The summed E-state index contributed by atoms with van der Waals surface area (Å²) in [5.74, 6) is 1.50. The molecule has 0 saturated carbocycles. The van der Waals surface area contributed by atoms with E-state index in [4.69, 9.17) is 14.2 Å². The second-order valence-corrected chi connectivity index (χ2v) is 19.0. The van der Waals surface area contributed by atoms with Crippen molar-refractivity contribution in [3.63, 3.8) is 0 Å². The first kappa shape index (κ1) is 45.8. The van der Waals surface area contributed by atoms with Crippen molar-refractivity contribution in [1.82, 2.24) is 14.3 Å². The van der Waals surface area contributed by atoms with E-state index < -0.39 is 20.0 Å². The fourth-order valence-corrected chi connectivity index (χ4v) is 8.74. The van der Waals surface area contributed by atoms with Gasteiger partial charge in [0.2, 0.25) is 10.0 Å². The van der Waals surface area contributed by atoms with E-state index in [0.29, 0.717) is 41.4 Å². The zero-order chi connectivity index (χ0) is 43.9. The third-order valence-corrected chi connectivity index (χ3v) is 13.1. The van der Waals surface area contributed by atoms with E-state index in [1.165, 1.54) is 30.0 Å². The highest BCUT2D eigenvalue weighted by Crippen LogP contribution is 2.37. The summed E-state index contributed by atoms with van der Waals surface area (Å²) in [6.07, 6.45) is 0.796. The molecule has 0 aliphatic heterocycles. The van der Waals surface area contributed by atoms with Crippen LogP contribution in [0, 0.1) is 27.7 Å². The van der Waals surface area contributed by atoms with Crippen LogP contribution in [0.2, 0.25) is 0 Å². The Morgan fingerprint density at radius 1 is 0.550 bits per heavy atom. The van der Waals surface area contributed by atoms with Crippen LogP contribution in [-0.2, 0) is 29.6 Å². The Balaban J connectivity index is 0.000000197. The minimum Gasteiger partial charge on any atom is -0.360 e. The van der Waals surface area contributed by atoms with Gasteiger partial charge in [-0.15, -0.1) is 0 Å². The maximum absolute atomic E-state index is 13.0. The van der Waals surface area contributed by atoms with Gasteiger partial charge in [-0.2, -0.15) is 0 Å². The number of nitrogens with two attached hydrogens (primary N) is 1. The van der Waals surface area contributed by atoms with Gasteiger partial charge in [-0.05, 0) is 113 Å². The van der Waals surface area contributed by atoms with Crippen LogP contribution in [0.1, 0.15) is 49.6 Å². The largest absolute Gasteiger partial charge is 0.360 e. The van der Waals surface area contributed by atoms with Crippen LogP contribution in [0.3, 0.4) is 0 Å². The maximum Gasteiger partial charge on any atom is 0.268 e. The van der Waals surface area contributed by atoms with E-state index in [2.05, 4.69) is 42.2 Å². The van der Waals surface area contributed by atoms with E-state index in [1.807, 2.05) is 62.4 Å². The number of Topliss-reactive ketones (excluding diaryl/α,β-unsaturated/α-hetero) is 2. The first-order valence-electron chi connectivity index (χ1n) is 18.4. The van der Waals surface area contributed by atoms with Gasteiger partial charge in [0.1, 0.15) is 34.5 Å². The highest BCUT2D eigenvalue weighted by atomic mass is 79.9. The summed E-state index contributed by atoms with van der Waals surface area (Å²) in [4.78, 5) is 20.7. The number of nitrogens with zero attached hydrogens (tertiary/aromatic N) is 3. The quantitative estimate of drug-likeness (QED) is 0.138.